The summed E-state index contributed by atoms with van der Waals surface area (Å²) < 4.78 is 40.2. The molecule has 2 aliphatic heterocycles. The van der Waals surface area contributed by atoms with Gasteiger partial charge >= 0.3 is 0 Å². The van der Waals surface area contributed by atoms with Crippen LogP contribution in [0.15, 0.2) is 29.2 Å². The van der Waals surface area contributed by atoms with E-state index in [1.54, 1.807) is 0 Å². The Balaban J connectivity index is 1.64. The summed E-state index contributed by atoms with van der Waals surface area (Å²) in [5.41, 5.74) is 0. The zero-order valence-corrected chi connectivity index (χ0v) is 14.3. The quantitative estimate of drug-likeness (QED) is 0.865. The predicted molar refractivity (Wildman–Crippen MR) is 87.3 cm³/mol. The molecular weight excluding hydrogens is 333 g/mol. The molecule has 3 rings (SSSR count). The molecule has 1 amide bonds. The number of nitrogens with one attached hydrogen (secondary N) is 1. The lowest BCUT2D eigenvalue weighted by molar-refractivity contribution is -0.137. The fourth-order valence-electron chi connectivity index (χ4n) is 3.28. The van der Waals surface area contributed by atoms with Crippen molar-refractivity contribution in [3.8, 4) is 0 Å². The van der Waals surface area contributed by atoms with Gasteiger partial charge in [-0.3, -0.25) is 4.79 Å². The van der Waals surface area contributed by atoms with Gasteiger partial charge in [-0.1, -0.05) is 12.1 Å². The Morgan fingerprint density at radius 1 is 1.08 bits per heavy atom. The maximum absolute atomic E-state index is 13.8. The van der Waals surface area contributed by atoms with Crippen molar-refractivity contribution in [2.45, 2.75) is 17.7 Å². The number of piperazine rings is 1. The molecule has 132 valence electrons. The summed E-state index contributed by atoms with van der Waals surface area (Å²) in [4.78, 5) is 14.1. The molecule has 0 aromatic heterocycles. The number of sulfonamides is 1. The van der Waals surface area contributed by atoms with Crippen molar-refractivity contribution >= 4 is 15.9 Å². The molecule has 1 N–H and O–H groups in total. The van der Waals surface area contributed by atoms with E-state index in [-0.39, 0.29) is 29.8 Å². The van der Waals surface area contributed by atoms with Crippen molar-refractivity contribution < 1.29 is 17.6 Å². The maximum Gasteiger partial charge on any atom is 0.245 e. The molecule has 24 heavy (non-hydrogen) atoms. The third-order valence-corrected chi connectivity index (χ3v) is 6.62. The number of halogens is 1. The van der Waals surface area contributed by atoms with Crippen molar-refractivity contribution in [3.63, 3.8) is 0 Å². The van der Waals surface area contributed by atoms with Gasteiger partial charge in [-0.2, -0.15) is 4.31 Å². The van der Waals surface area contributed by atoms with Gasteiger partial charge in [0.25, 0.3) is 0 Å². The molecule has 2 fully saturated rings. The molecule has 0 saturated carbocycles. The highest BCUT2D eigenvalue weighted by molar-refractivity contribution is 7.89. The molecule has 0 radical (unpaired) electrons. The first-order chi connectivity index (χ1) is 11.5. The van der Waals surface area contributed by atoms with Crippen molar-refractivity contribution in [3.05, 3.63) is 30.1 Å². The summed E-state index contributed by atoms with van der Waals surface area (Å²) in [7, 11) is -3.84. The number of hydrogen-bond acceptors (Lipinski definition) is 4. The number of benzene rings is 1. The Morgan fingerprint density at radius 2 is 1.71 bits per heavy atom. The van der Waals surface area contributed by atoms with Crippen LogP contribution in [-0.2, 0) is 14.8 Å². The summed E-state index contributed by atoms with van der Waals surface area (Å²) >= 11 is 0. The maximum atomic E-state index is 13.8. The van der Waals surface area contributed by atoms with Crippen LogP contribution in [-0.4, -0.2) is 62.8 Å². The van der Waals surface area contributed by atoms with Crippen molar-refractivity contribution in [2.75, 3.05) is 39.3 Å². The van der Waals surface area contributed by atoms with Gasteiger partial charge in [0.1, 0.15) is 10.7 Å². The molecule has 0 aliphatic carbocycles. The third kappa shape index (κ3) is 3.45. The van der Waals surface area contributed by atoms with Crippen molar-refractivity contribution in [2.24, 2.45) is 5.92 Å². The molecule has 0 unspecified atom stereocenters. The van der Waals surface area contributed by atoms with Gasteiger partial charge in [0.2, 0.25) is 15.9 Å². The van der Waals surface area contributed by atoms with Crippen LogP contribution in [0.1, 0.15) is 12.8 Å². The van der Waals surface area contributed by atoms with Gasteiger partial charge in [-0.05, 0) is 25.0 Å². The number of nitrogens with zero attached hydrogens (tertiary/aromatic N) is 2. The summed E-state index contributed by atoms with van der Waals surface area (Å²) in [6, 6.07) is 5.40. The highest BCUT2D eigenvalue weighted by Crippen LogP contribution is 2.26. The largest absolute Gasteiger partial charge is 0.340 e. The molecule has 1 aromatic carbocycles. The van der Waals surface area contributed by atoms with E-state index in [2.05, 4.69) is 5.32 Å². The SMILES string of the molecule is O=C(C1CCN(S(=O)(=O)c2ccccc2F)CC1)N1CCNCC1. The fourth-order valence-corrected chi connectivity index (χ4v) is 4.81. The number of hydrogen-bond donors (Lipinski definition) is 1. The molecule has 1 aromatic rings. The molecule has 2 aliphatic rings. The topological polar surface area (TPSA) is 69.7 Å². The normalized spacial score (nSPS) is 21.0. The van der Waals surface area contributed by atoms with Crippen LogP contribution < -0.4 is 5.32 Å². The number of amides is 1. The minimum atomic E-state index is -3.84. The average Bonchev–Trinajstić information content (AvgIpc) is 2.62. The Labute approximate surface area is 141 Å². The van der Waals surface area contributed by atoms with E-state index in [1.165, 1.54) is 22.5 Å². The van der Waals surface area contributed by atoms with E-state index in [0.29, 0.717) is 25.9 Å². The second kappa shape index (κ2) is 7.16. The molecule has 6 nitrogen and oxygen atoms in total. The first-order valence-corrected chi connectivity index (χ1v) is 9.68. The van der Waals surface area contributed by atoms with Gasteiger partial charge in [0, 0.05) is 45.2 Å². The second-order valence-electron chi connectivity index (χ2n) is 6.18. The smallest absolute Gasteiger partial charge is 0.245 e. The minimum absolute atomic E-state index is 0.111. The van der Waals surface area contributed by atoms with Gasteiger partial charge in [-0.15, -0.1) is 0 Å². The Kier molecular flexibility index (Phi) is 5.17. The molecular formula is C16H22FN3O3S. The van der Waals surface area contributed by atoms with Crippen LogP contribution in [0.3, 0.4) is 0 Å². The number of piperidine rings is 1. The zero-order valence-electron chi connectivity index (χ0n) is 13.4. The van der Waals surface area contributed by atoms with Crippen LogP contribution in [0, 0.1) is 11.7 Å². The average molecular weight is 355 g/mol. The van der Waals surface area contributed by atoms with Gasteiger partial charge in [0.05, 0.1) is 0 Å². The van der Waals surface area contributed by atoms with Crippen molar-refractivity contribution in [1.82, 2.24) is 14.5 Å². The highest BCUT2D eigenvalue weighted by Gasteiger charge is 2.34. The van der Waals surface area contributed by atoms with Crippen LogP contribution >= 0.6 is 0 Å². The molecule has 0 bridgehead atoms. The van der Waals surface area contributed by atoms with Gasteiger partial charge < -0.3 is 10.2 Å². The van der Waals surface area contributed by atoms with E-state index >= 15 is 0 Å². The van der Waals surface area contributed by atoms with E-state index in [4.69, 9.17) is 0 Å². The first-order valence-electron chi connectivity index (χ1n) is 8.24. The van der Waals surface area contributed by atoms with E-state index in [9.17, 15) is 17.6 Å². The summed E-state index contributed by atoms with van der Waals surface area (Å²) in [5.74, 6) is -0.772. The number of rotatable bonds is 3. The van der Waals surface area contributed by atoms with Gasteiger partial charge in [0.15, 0.2) is 0 Å². The predicted octanol–water partition coefficient (Wildman–Crippen LogP) is 0.658. The van der Waals surface area contributed by atoms with Gasteiger partial charge in [-0.25, -0.2) is 12.8 Å². The van der Waals surface area contributed by atoms with Crippen LogP contribution in [0.25, 0.3) is 0 Å². The standard InChI is InChI=1S/C16H22FN3O3S/c17-14-3-1-2-4-15(14)24(22,23)20-9-5-13(6-10-20)16(21)19-11-7-18-8-12-19/h1-4,13,18H,5-12H2. The summed E-state index contributed by atoms with van der Waals surface area (Å²) in [6.07, 6.45) is 0.965. The second-order valence-corrected chi connectivity index (χ2v) is 8.09. The van der Waals surface area contributed by atoms with E-state index < -0.39 is 15.8 Å². The third-order valence-electron chi connectivity index (χ3n) is 4.69. The van der Waals surface area contributed by atoms with Crippen LogP contribution in [0.4, 0.5) is 4.39 Å². The minimum Gasteiger partial charge on any atom is -0.340 e. The van der Waals surface area contributed by atoms with Crippen molar-refractivity contribution in [1.29, 1.82) is 0 Å². The number of carbonyl (C=O) groups is 1. The lowest BCUT2D eigenvalue weighted by Gasteiger charge is -2.35. The summed E-state index contributed by atoms with van der Waals surface area (Å²) in [6.45, 7) is 3.50. The molecule has 0 atom stereocenters. The fraction of sp³-hybridized carbons (Fsp3) is 0.562. The van der Waals surface area contributed by atoms with Crippen LogP contribution in [0.2, 0.25) is 0 Å². The Hall–Kier alpha value is -1.51. The lowest BCUT2D eigenvalue weighted by Crippen LogP contribution is -2.50. The van der Waals surface area contributed by atoms with E-state index in [1.807, 2.05) is 4.90 Å². The Morgan fingerprint density at radius 3 is 2.33 bits per heavy atom. The Bertz CT molecular complexity index is 696. The number of carbonyl (C=O) groups excluding carboxylic acids is 1. The van der Waals surface area contributed by atoms with Crippen LogP contribution in [0.5, 0.6) is 0 Å². The molecule has 2 saturated heterocycles. The van der Waals surface area contributed by atoms with E-state index in [0.717, 1.165) is 19.2 Å². The highest BCUT2D eigenvalue weighted by atomic mass is 32.2. The first kappa shape index (κ1) is 17.3. The molecule has 2 heterocycles. The molecule has 8 heteroatoms. The monoisotopic (exact) mass is 355 g/mol. The zero-order chi connectivity index (χ0) is 17.2. The lowest BCUT2D eigenvalue weighted by atomic mass is 9.96. The summed E-state index contributed by atoms with van der Waals surface area (Å²) in [5, 5.41) is 3.21. The molecule has 0 spiro atoms.